The number of hydrogen-bond donors (Lipinski definition) is 2. The molecule has 1 atom stereocenters. The number of methoxy groups -OCH3 is 2. The monoisotopic (exact) mass is 392 g/mol. The number of benzene rings is 2. The largest absolute Gasteiger partial charge is 0.497 e. The number of anilines is 2. The molecule has 0 spiro atoms. The van der Waals surface area contributed by atoms with Gasteiger partial charge in [0.2, 0.25) is 0 Å². The average Bonchev–Trinajstić information content (AvgIpc) is 3.20. The Hall–Kier alpha value is -2.45. The third-order valence-corrected chi connectivity index (χ3v) is 5.78. The summed E-state index contributed by atoms with van der Waals surface area (Å²) < 4.78 is 43.8. The molecule has 3 rings (SSSR count). The summed E-state index contributed by atoms with van der Waals surface area (Å²) >= 11 is 0. The molecule has 0 aromatic heterocycles. The SMILES string of the molecule is COc1ccc(S(=O)(=O)Nc2ccc(NCC3CCCO3)cc2)c(OC)c1. The highest BCUT2D eigenvalue weighted by atomic mass is 32.2. The van der Waals surface area contributed by atoms with Gasteiger partial charge >= 0.3 is 0 Å². The molecular weight excluding hydrogens is 368 g/mol. The Morgan fingerprint density at radius 2 is 1.81 bits per heavy atom. The van der Waals surface area contributed by atoms with E-state index in [9.17, 15) is 8.42 Å². The van der Waals surface area contributed by atoms with Crippen molar-refractivity contribution in [2.45, 2.75) is 23.8 Å². The number of ether oxygens (including phenoxy) is 3. The first kappa shape index (κ1) is 19.3. The molecule has 0 radical (unpaired) electrons. The van der Waals surface area contributed by atoms with Crippen molar-refractivity contribution in [1.29, 1.82) is 0 Å². The van der Waals surface area contributed by atoms with Crippen molar-refractivity contribution in [2.24, 2.45) is 0 Å². The molecule has 146 valence electrons. The molecule has 1 aliphatic rings. The standard InChI is InChI=1S/C19H24N2O5S/c1-24-16-9-10-19(18(12-16)25-2)27(22,23)21-15-7-5-14(6-8-15)20-13-17-4-3-11-26-17/h5-10,12,17,20-21H,3-4,11,13H2,1-2H3. The highest BCUT2D eigenvalue weighted by Crippen LogP contribution is 2.30. The van der Waals surface area contributed by atoms with E-state index in [-0.39, 0.29) is 16.7 Å². The second kappa shape index (κ2) is 8.49. The minimum Gasteiger partial charge on any atom is -0.497 e. The van der Waals surface area contributed by atoms with E-state index in [0.29, 0.717) is 11.4 Å². The van der Waals surface area contributed by atoms with E-state index in [2.05, 4.69) is 10.0 Å². The molecule has 1 heterocycles. The lowest BCUT2D eigenvalue weighted by atomic mass is 10.2. The lowest BCUT2D eigenvalue weighted by Gasteiger charge is -2.14. The first-order chi connectivity index (χ1) is 13.0. The van der Waals surface area contributed by atoms with Crippen molar-refractivity contribution in [1.82, 2.24) is 0 Å². The fourth-order valence-corrected chi connectivity index (χ4v) is 4.11. The predicted octanol–water partition coefficient (Wildman–Crippen LogP) is 3.10. The minimum absolute atomic E-state index is 0.0476. The van der Waals surface area contributed by atoms with Crippen molar-refractivity contribution >= 4 is 21.4 Å². The zero-order valence-corrected chi connectivity index (χ0v) is 16.2. The van der Waals surface area contributed by atoms with Crippen LogP contribution in [0.1, 0.15) is 12.8 Å². The Bertz CT molecular complexity index is 862. The first-order valence-corrected chi connectivity index (χ1v) is 10.2. The Labute approximate surface area is 159 Å². The normalized spacial score (nSPS) is 16.7. The smallest absolute Gasteiger partial charge is 0.265 e. The zero-order chi connectivity index (χ0) is 19.3. The maximum atomic E-state index is 12.7. The fraction of sp³-hybridized carbons (Fsp3) is 0.368. The Balaban J connectivity index is 1.68. The molecule has 7 nitrogen and oxygen atoms in total. The lowest BCUT2D eigenvalue weighted by molar-refractivity contribution is 0.120. The Kier molecular flexibility index (Phi) is 6.08. The topological polar surface area (TPSA) is 85.9 Å². The van der Waals surface area contributed by atoms with Crippen LogP contribution >= 0.6 is 0 Å². The maximum Gasteiger partial charge on any atom is 0.265 e. The first-order valence-electron chi connectivity index (χ1n) is 8.72. The van der Waals surface area contributed by atoms with Crippen LogP contribution in [0.25, 0.3) is 0 Å². The van der Waals surface area contributed by atoms with Crippen molar-refractivity contribution in [3.05, 3.63) is 42.5 Å². The van der Waals surface area contributed by atoms with Crippen LogP contribution in [-0.2, 0) is 14.8 Å². The van der Waals surface area contributed by atoms with Gasteiger partial charge in [0.1, 0.15) is 16.4 Å². The van der Waals surface area contributed by atoms with Gasteiger partial charge in [-0.2, -0.15) is 0 Å². The van der Waals surface area contributed by atoms with E-state index in [0.717, 1.165) is 31.7 Å². The minimum atomic E-state index is -3.79. The van der Waals surface area contributed by atoms with Gasteiger partial charge in [0, 0.05) is 30.6 Å². The van der Waals surface area contributed by atoms with Crippen molar-refractivity contribution in [3.8, 4) is 11.5 Å². The van der Waals surface area contributed by atoms with Gasteiger partial charge < -0.3 is 19.5 Å². The van der Waals surface area contributed by atoms with Crippen molar-refractivity contribution < 1.29 is 22.6 Å². The maximum absolute atomic E-state index is 12.7. The summed E-state index contributed by atoms with van der Waals surface area (Å²) in [6.07, 6.45) is 2.40. The second-order valence-corrected chi connectivity index (χ2v) is 7.87. The quantitative estimate of drug-likeness (QED) is 0.718. The van der Waals surface area contributed by atoms with Crippen LogP contribution in [0.3, 0.4) is 0 Å². The number of rotatable bonds is 8. The molecule has 1 saturated heterocycles. The summed E-state index contributed by atoms with van der Waals surface area (Å²) in [6, 6.07) is 11.7. The molecule has 0 amide bonds. The highest BCUT2D eigenvalue weighted by Gasteiger charge is 2.20. The molecule has 1 aliphatic heterocycles. The summed E-state index contributed by atoms with van der Waals surface area (Å²) in [7, 11) is -0.862. The van der Waals surface area contributed by atoms with Gasteiger partial charge in [0.15, 0.2) is 0 Å². The summed E-state index contributed by atoms with van der Waals surface area (Å²) in [4.78, 5) is 0.0476. The summed E-state index contributed by atoms with van der Waals surface area (Å²) in [5, 5.41) is 3.30. The van der Waals surface area contributed by atoms with E-state index < -0.39 is 10.0 Å². The van der Waals surface area contributed by atoms with Crippen LogP contribution < -0.4 is 19.5 Å². The van der Waals surface area contributed by atoms with E-state index in [4.69, 9.17) is 14.2 Å². The molecule has 1 unspecified atom stereocenters. The van der Waals surface area contributed by atoms with Crippen LogP contribution in [0.15, 0.2) is 47.4 Å². The summed E-state index contributed by atoms with van der Waals surface area (Å²) in [6.45, 7) is 1.57. The van der Waals surface area contributed by atoms with Gasteiger partial charge in [-0.3, -0.25) is 4.72 Å². The molecule has 2 aromatic rings. The van der Waals surface area contributed by atoms with Gasteiger partial charge in [-0.1, -0.05) is 0 Å². The van der Waals surface area contributed by atoms with Crippen molar-refractivity contribution in [2.75, 3.05) is 37.4 Å². The molecule has 2 N–H and O–H groups in total. The van der Waals surface area contributed by atoms with E-state index >= 15 is 0 Å². The Morgan fingerprint density at radius 1 is 1.07 bits per heavy atom. The van der Waals surface area contributed by atoms with E-state index in [1.807, 2.05) is 12.1 Å². The van der Waals surface area contributed by atoms with Crippen molar-refractivity contribution in [3.63, 3.8) is 0 Å². The van der Waals surface area contributed by atoms with Crippen LogP contribution in [-0.4, -0.2) is 41.9 Å². The van der Waals surface area contributed by atoms with Crippen LogP contribution in [0, 0.1) is 0 Å². The number of nitrogens with one attached hydrogen (secondary N) is 2. The molecule has 0 bridgehead atoms. The number of sulfonamides is 1. The Morgan fingerprint density at radius 3 is 2.44 bits per heavy atom. The third kappa shape index (κ3) is 4.84. The van der Waals surface area contributed by atoms with E-state index in [1.165, 1.54) is 26.4 Å². The molecule has 2 aromatic carbocycles. The van der Waals surface area contributed by atoms with Gasteiger partial charge in [-0.15, -0.1) is 0 Å². The molecule has 1 fully saturated rings. The molecule has 0 aliphatic carbocycles. The average molecular weight is 392 g/mol. The van der Waals surface area contributed by atoms with Gasteiger partial charge in [0.25, 0.3) is 10.0 Å². The van der Waals surface area contributed by atoms with Gasteiger partial charge in [0.05, 0.1) is 20.3 Å². The fourth-order valence-electron chi connectivity index (χ4n) is 2.90. The molecule has 8 heteroatoms. The third-order valence-electron chi connectivity index (χ3n) is 4.36. The van der Waals surface area contributed by atoms with Crippen LogP contribution in [0.2, 0.25) is 0 Å². The van der Waals surface area contributed by atoms with E-state index in [1.54, 1.807) is 18.2 Å². The highest BCUT2D eigenvalue weighted by molar-refractivity contribution is 7.92. The second-order valence-electron chi connectivity index (χ2n) is 6.22. The predicted molar refractivity (Wildman–Crippen MR) is 104 cm³/mol. The van der Waals surface area contributed by atoms with Gasteiger partial charge in [-0.05, 0) is 49.2 Å². The molecular formula is C19H24N2O5S. The number of hydrogen-bond acceptors (Lipinski definition) is 6. The lowest BCUT2D eigenvalue weighted by Crippen LogP contribution is -2.18. The zero-order valence-electron chi connectivity index (χ0n) is 15.4. The van der Waals surface area contributed by atoms with Crippen LogP contribution in [0.5, 0.6) is 11.5 Å². The molecule has 0 saturated carbocycles. The van der Waals surface area contributed by atoms with Gasteiger partial charge in [-0.25, -0.2) is 8.42 Å². The van der Waals surface area contributed by atoms with Crippen LogP contribution in [0.4, 0.5) is 11.4 Å². The summed E-state index contributed by atoms with van der Waals surface area (Å²) in [5.41, 5.74) is 1.38. The molecule has 27 heavy (non-hydrogen) atoms. The summed E-state index contributed by atoms with van der Waals surface area (Å²) in [5.74, 6) is 0.740.